The highest BCUT2D eigenvalue weighted by Crippen LogP contribution is 2.50. The molecule has 23 heavy (non-hydrogen) atoms. The molecule has 1 heterocycles. The lowest BCUT2D eigenvalue weighted by Gasteiger charge is -2.22. The highest BCUT2D eigenvalue weighted by Gasteiger charge is 2.30. The molecule has 0 saturated heterocycles. The van der Waals surface area contributed by atoms with E-state index in [2.05, 4.69) is 69.3 Å². The minimum atomic E-state index is 0.188. The molecule has 3 rings (SSSR count). The summed E-state index contributed by atoms with van der Waals surface area (Å²) in [6.45, 7) is 6.95. The standard InChI is InChI=1S/C20H24OS2/c1-20(2,3)16-10-8-14(9-11-16)12-15(13-21)19-22-17-6-4-5-7-18(17)23-19/h4-11,15,19,21H,12-13H2,1-3H3/t15-/m0/s1. The van der Waals surface area contributed by atoms with Crippen LogP contribution in [0, 0.1) is 5.92 Å². The van der Waals surface area contributed by atoms with Gasteiger partial charge in [-0.1, -0.05) is 57.2 Å². The Morgan fingerprint density at radius 3 is 2.00 bits per heavy atom. The van der Waals surface area contributed by atoms with Gasteiger partial charge < -0.3 is 5.11 Å². The Kier molecular flexibility index (Phi) is 5.10. The van der Waals surface area contributed by atoms with Crippen molar-refractivity contribution in [1.82, 2.24) is 0 Å². The molecule has 1 aliphatic heterocycles. The van der Waals surface area contributed by atoms with Gasteiger partial charge in [-0.15, -0.1) is 23.5 Å². The number of thioether (sulfide) groups is 2. The molecule has 0 amide bonds. The van der Waals surface area contributed by atoms with Gasteiger partial charge in [0.15, 0.2) is 0 Å². The third-order valence-electron chi connectivity index (χ3n) is 4.27. The van der Waals surface area contributed by atoms with E-state index in [0.717, 1.165) is 6.42 Å². The van der Waals surface area contributed by atoms with Crippen LogP contribution >= 0.6 is 23.5 Å². The van der Waals surface area contributed by atoms with Crippen LogP contribution in [0.5, 0.6) is 0 Å². The van der Waals surface area contributed by atoms with Gasteiger partial charge in [-0.2, -0.15) is 0 Å². The molecule has 0 aliphatic carbocycles. The third-order valence-corrected chi connectivity index (χ3v) is 7.43. The largest absolute Gasteiger partial charge is 0.396 e. The molecule has 0 saturated carbocycles. The average molecular weight is 345 g/mol. The molecule has 0 aromatic heterocycles. The maximum Gasteiger partial charge on any atom is 0.0650 e. The van der Waals surface area contributed by atoms with E-state index in [4.69, 9.17) is 0 Å². The molecule has 0 fully saturated rings. The molecule has 1 N–H and O–H groups in total. The number of rotatable bonds is 4. The van der Waals surface area contributed by atoms with Crippen molar-refractivity contribution in [2.24, 2.45) is 5.92 Å². The molecule has 122 valence electrons. The summed E-state index contributed by atoms with van der Waals surface area (Å²) < 4.78 is 0.402. The van der Waals surface area contributed by atoms with E-state index in [1.165, 1.54) is 20.9 Å². The quantitative estimate of drug-likeness (QED) is 0.806. The van der Waals surface area contributed by atoms with Crippen LogP contribution in [0.25, 0.3) is 0 Å². The molecule has 1 atom stereocenters. The van der Waals surface area contributed by atoms with Crippen molar-refractivity contribution in [2.75, 3.05) is 6.61 Å². The number of fused-ring (bicyclic) bond motifs is 1. The Balaban J connectivity index is 1.69. The number of aliphatic hydroxyl groups is 1. The Morgan fingerprint density at radius 1 is 0.957 bits per heavy atom. The SMILES string of the molecule is CC(C)(C)c1ccc(C[C@@H](CO)C2Sc3ccccc3S2)cc1. The monoisotopic (exact) mass is 344 g/mol. The van der Waals surface area contributed by atoms with Crippen molar-refractivity contribution < 1.29 is 5.11 Å². The number of hydrogen-bond donors (Lipinski definition) is 1. The summed E-state index contributed by atoms with van der Waals surface area (Å²) in [5, 5.41) is 9.88. The smallest absolute Gasteiger partial charge is 0.0650 e. The molecule has 0 radical (unpaired) electrons. The van der Waals surface area contributed by atoms with Gasteiger partial charge in [-0.05, 0) is 35.1 Å². The van der Waals surface area contributed by atoms with Gasteiger partial charge in [-0.3, -0.25) is 0 Å². The van der Waals surface area contributed by atoms with E-state index in [0.29, 0.717) is 4.58 Å². The van der Waals surface area contributed by atoms with E-state index < -0.39 is 0 Å². The first-order chi connectivity index (χ1) is 11.0. The lowest BCUT2D eigenvalue weighted by molar-refractivity contribution is 0.235. The van der Waals surface area contributed by atoms with Crippen molar-refractivity contribution in [3.63, 3.8) is 0 Å². The highest BCUT2D eigenvalue weighted by atomic mass is 32.2. The summed E-state index contributed by atoms with van der Waals surface area (Å²) in [6, 6.07) is 17.4. The van der Waals surface area contributed by atoms with E-state index in [-0.39, 0.29) is 17.9 Å². The first-order valence-electron chi connectivity index (χ1n) is 8.10. The lowest BCUT2D eigenvalue weighted by atomic mass is 9.86. The lowest BCUT2D eigenvalue weighted by Crippen LogP contribution is -2.19. The fourth-order valence-electron chi connectivity index (χ4n) is 2.80. The van der Waals surface area contributed by atoms with Gasteiger partial charge >= 0.3 is 0 Å². The minimum absolute atomic E-state index is 0.188. The first-order valence-corrected chi connectivity index (χ1v) is 9.86. The van der Waals surface area contributed by atoms with Crippen molar-refractivity contribution >= 4 is 23.5 Å². The van der Waals surface area contributed by atoms with Crippen LogP contribution in [0.2, 0.25) is 0 Å². The first kappa shape index (κ1) is 16.9. The Hall–Kier alpha value is -0.900. The Bertz CT molecular complexity index is 633. The highest BCUT2D eigenvalue weighted by molar-refractivity contribution is 8.19. The topological polar surface area (TPSA) is 20.2 Å². The zero-order chi connectivity index (χ0) is 16.4. The van der Waals surface area contributed by atoms with E-state index in [1.54, 1.807) is 0 Å². The van der Waals surface area contributed by atoms with Crippen molar-refractivity contribution in [2.45, 2.75) is 47.0 Å². The van der Waals surface area contributed by atoms with Crippen LogP contribution in [-0.4, -0.2) is 16.3 Å². The van der Waals surface area contributed by atoms with Crippen LogP contribution in [0.1, 0.15) is 31.9 Å². The fraction of sp³-hybridized carbons (Fsp3) is 0.400. The zero-order valence-electron chi connectivity index (χ0n) is 14.0. The Labute approximate surface area is 147 Å². The van der Waals surface area contributed by atoms with Crippen molar-refractivity contribution in [3.8, 4) is 0 Å². The summed E-state index contributed by atoms with van der Waals surface area (Å²) in [5.74, 6) is 0.276. The molecular weight excluding hydrogens is 320 g/mol. The maximum atomic E-state index is 9.88. The molecule has 2 aromatic carbocycles. The zero-order valence-corrected chi connectivity index (χ0v) is 15.6. The van der Waals surface area contributed by atoms with Crippen LogP contribution in [-0.2, 0) is 11.8 Å². The van der Waals surface area contributed by atoms with Gasteiger partial charge in [0.25, 0.3) is 0 Å². The second-order valence-electron chi connectivity index (χ2n) is 7.14. The average Bonchev–Trinajstić information content (AvgIpc) is 2.96. The van der Waals surface area contributed by atoms with E-state index in [1.807, 2.05) is 23.5 Å². The molecule has 1 nitrogen and oxygen atoms in total. The van der Waals surface area contributed by atoms with Crippen LogP contribution in [0.4, 0.5) is 0 Å². The van der Waals surface area contributed by atoms with Crippen molar-refractivity contribution in [3.05, 3.63) is 59.7 Å². The summed E-state index contributed by atoms with van der Waals surface area (Å²) in [5.41, 5.74) is 2.86. The molecule has 2 aromatic rings. The number of benzene rings is 2. The minimum Gasteiger partial charge on any atom is -0.396 e. The second kappa shape index (κ2) is 6.92. The van der Waals surface area contributed by atoms with Crippen molar-refractivity contribution in [1.29, 1.82) is 0 Å². The van der Waals surface area contributed by atoms with Crippen LogP contribution < -0.4 is 0 Å². The van der Waals surface area contributed by atoms with Gasteiger partial charge in [-0.25, -0.2) is 0 Å². The predicted octanol–water partition coefficient (Wildman–Crippen LogP) is 5.36. The van der Waals surface area contributed by atoms with Crippen LogP contribution in [0.3, 0.4) is 0 Å². The van der Waals surface area contributed by atoms with Crippen LogP contribution in [0.15, 0.2) is 58.3 Å². The maximum absolute atomic E-state index is 9.88. The molecule has 3 heteroatoms. The molecular formula is C20H24OS2. The summed E-state index contributed by atoms with van der Waals surface area (Å²) in [6.07, 6.45) is 0.930. The molecule has 0 unspecified atom stereocenters. The van der Waals surface area contributed by atoms with Gasteiger partial charge in [0, 0.05) is 22.3 Å². The normalized spacial score (nSPS) is 16.3. The summed E-state index contributed by atoms with van der Waals surface area (Å²) in [4.78, 5) is 2.70. The summed E-state index contributed by atoms with van der Waals surface area (Å²) in [7, 11) is 0. The van der Waals surface area contributed by atoms with E-state index in [9.17, 15) is 5.11 Å². The molecule has 1 aliphatic rings. The number of aliphatic hydroxyl groups excluding tert-OH is 1. The number of hydrogen-bond acceptors (Lipinski definition) is 3. The van der Waals surface area contributed by atoms with E-state index >= 15 is 0 Å². The molecule has 0 spiro atoms. The predicted molar refractivity (Wildman–Crippen MR) is 101 cm³/mol. The van der Waals surface area contributed by atoms with Gasteiger partial charge in [0.1, 0.15) is 0 Å². The van der Waals surface area contributed by atoms with Gasteiger partial charge in [0.05, 0.1) is 4.58 Å². The third kappa shape index (κ3) is 3.96. The Morgan fingerprint density at radius 2 is 1.52 bits per heavy atom. The summed E-state index contributed by atoms with van der Waals surface area (Å²) >= 11 is 3.80. The van der Waals surface area contributed by atoms with Gasteiger partial charge in [0.2, 0.25) is 0 Å². The molecule has 0 bridgehead atoms. The fourth-order valence-corrected chi connectivity index (χ4v) is 5.84. The second-order valence-corrected chi connectivity index (χ2v) is 9.81.